The number of benzene rings is 2. The van der Waals surface area contributed by atoms with Gasteiger partial charge >= 0.3 is 0 Å². The van der Waals surface area contributed by atoms with Gasteiger partial charge in [-0.05, 0) is 48.6 Å². The minimum atomic E-state index is -3.79. The predicted molar refractivity (Wildman–Crippen MR) is 120 cm³/mol. The fourth-order valence-electron chi connectivity index (χ4n) is 4.45. The molecule has 2 aromatic rings. The molecule has 32 heavy (non-hydrogen) atoms. The van der Waals surface area contributed by atoms with Crippen molar-refractivity contribution in [3.63, 3.8) is 0 Å². The standard InChI is InChI=1S/C23H29N3O5S/c1-25(20(16-5-3-2-4-6-16)15-26-12-11-18(27)14-26)23(28)22-9-7-17-13-19(32(24,29)30)8-10-21(17)31-22/h2-6,8,10,13,18,20,22,27H,7,9,11-12,14-15H2,1H3,(H2,24,29,30)/t18-,20+,22?/m0/s1. The number of primary sulfonamides is 1. The predicted octanol–water partition coefficient (Wildman–Crippen LogP) is 1.29. The largest absolute Gasteiger partial charge is 0.480 e. The average molecular weight is 460 g/mol. The van der Waals surface area contributed by atoms with Crippen LogP contribution in [0.4, 0.5) is 0 Å². The van der Waals surface area contributed by atoms with Crippen LogP contribution in [0.5, 0.6) is 5.75 Å². The van der Waals surface area contributed by atoms with Gasteiger partial charge in [0, 0.05) is 26.7 Å². The van der Waals surface area contributed by atoms with Crippen LogP contribution in [0.15, 0.2) is 53.4 Å². The van der Waals surface area contributed by atoms with E-state index in [2.05, 4.69) is 4.90 Å². The van der Waals surface area contributed by atoms with Crippen LogP contribution in [0, 0.1) is 0 Å². The number of amides is 1. The molecule has 1 unspecified atom stereocenters. The highest BCUT2D eigenvalue weighted by molar-refractivity contribution is 7.89. The van der Waals surface area contributed by atoms with Gasteiger partial charge in [-0.1, -0.05) is 30.3 Å². The van der Waals surface area contributed by atoms with Crippen LogP contribution in [-0.2, 0) is 21.2 Å². The zero-order valence-electron chi connectivity index (χ0n) is 18.1. The summed E-state index contributed by atoms with van der Waals surface area (Å²) in [5.41, 5.74) is 1.76. The van der Waals surface area contributed by atoms with Crippen LogP contribution in [0.2, 0.25) is 0 Å². The molecule has 2 aliphatic heterocycles. The third-order valence-electron chi connectivity index (χ3n) is 6.26. The maximum atomic E-state index is 13.4. The first-order valence-corrected chi connectivity index (χ1v) is 12.3. The summed E-state index contributed by atoms with van der Waals surface area (Å²) in [4.78, 5) is 17.4. The number of sulfonamides is 1. The Morgan fingerprint density at radius 3 is 2.66 bits per heavy atom. The highest BCUT2D eigenvalue weighted by Crippen LogP contribution is 2.31. The molecular weight excluding hydrogens is 430 g/mol. The Labute approximate surface area is 188 Å². The molecule has 0 aromatic heterocycles. The van der Waals surface area contributed by atoms with E-state index in [4.69, 9.17) is 9.88 Å². The summed E-state index contributed by atoms with van der Waals surface area (Å²) >= 11 is 0. The van der Waals surface area contributed by atoms with E-state index in [0.29, 0.717) is 31.7 Å². The second-order valence-corrected chi connectivity index (χ2v) is 10.1. The van der Waals surface area contributed by atoms with Gasteiger partial charge in [0.15, 0.2) is 6.10 Å². The average Bonchev–Trinajstić information content (AvgIpc) is 3.20. The van der Waals surface area contributed by atoms with Gasteiger partial charge in [-0.15, -0.1) is 0 Å². The van der Waals surface area contributed by atoms with Gasteiger partial charge in [-0.25, -0.2) is 13.6 Å². The molecule has 1 amide bonds. The number of likely N-dealkylation sites (N-methyl/N-ethyl adjacent to an activating group) is 1. The molecule has 172 valence electrons. The normalized spacial score (nSPS) is 22.1. The molecule has 8 nitrogen and oxygen atoms in total. The number of hydrogen-bond acceptors (Lipinski definition) is 6. The highest BCUT2D eigenvalue weighted by atomic mass is 32.2. The molecule has 1 fully saturated rings. The Morgan fingerprint density at radius 1 is 1.25 bits per heavy atom. The van der Waals surface area contributed by atoms with E-state index in [9.17, 15) is 18.3 Å². The van der Waals surface area contributed by atoms with E-state index in [1.807, 2.05) is 30.3 Å². The first-order chi connectivity index (χ1) is 15.2. The minimum absolute atomic E-state index is 0.0405. The Balaban J connectivity index is 1.51. The first kappa shape index (κ1) is 22.7. The molecule has 9 heteroatoms. The van der Waals surface area contributed by atoms with Crippen molar-refractivity contribution in [1.29, 1.82) is 0 Å². The van der Waals surface area contributed by atoms with Gasteiger partial charge in [0.25, 0.3) is 5.91 Å². The summed E-state index contributed by atoms with van der Waals surface area (Å²) in [6.45, 7) is 2.03. The number of carbonyl (C=O) groups excluding carboxylic acids is 1. The Kier molecular flexibility index (Phi) is 6.52. The molecule has 1 saturated heterocycles. The lowest BCUT2D eigenvalue weighted by Crippen LogP contribution is -2.46. The summed E-state index contributed by atoms with van der Waals surface area (Å²) in [7, 11) is -2.00. The number of rotatable bonds is 6. The van der Waals surface area contributed by atoms with E-state index >= 15 is 0 Å². The van der Waals surface area contributed by atoms with Crippen LogP contribution in [-0.4, -0.2) is 68.1 Å². The smallest absolute Gasteiger partial charge is 0.263 e. The van der Waals surface area contributed by atoms with Crippen LogP contribution in [0.3, 0.4) is 0 Å². The van der Waals surface area contributed by atoms with Crippen LogP contribution in [0.1, 0.15) is 30.0 Å². The molecule has 0 bridgehead atoms. The third kappa shape index (κ3) is 4.96. The molecule has 0 spiro atoms. The number of aryl methyl sites for hydroxylation is 1. The lowest BCUT2D eigenvalue weighted by molar-refractivity contribution is -0.140. The maximum absolute atomic E-state index is 13.4. The Bertz CT molecular complexity index is 1080. The number of fused-ring (bicyclic) bond motifs is 1. The van der Waals surface area contributed by atoms with Crippen molar-refractivity contribution in [2.45, 2.75) is 42.4 Å². The molecule has 3 N–H and O–H groups in total. The zero-order valence-corrected chi connectivity index (χ0v) is 18.9. The Hall–Kier alpha value is -2.46. The quantitative estimate of drug-likeness (QED) is 0.673. The van der Waals surface area contributed by atoms with Crippen molar-refractivity contribution in [3.8, 4) is 5.75 Å². The molecular formula is C23H29N3O5S. The molecule has 0 aliphatic carbocycles. The van der Waals surface area contributed by atoms with Crippen LogP contribution >= 0.6 is 0 Å². The molecule has 0 saturated carbocycles. The van der Waals surface area contributed by atoms with Gasteiger partial charge < -0.3 is 14.7 Å². The second kappa shape index (κ2) is 9.19. The number of likely N-dealkylation sites (tertiary alicyclic amines) is 1. The van der Waals surface area contributed by atoms with Crippen molar-refractivity contribution in [2.24, 2.45) is 5.14 Å². The highest BCUT2D eigenvalue weighted by Gasteiger charge is 2.34. The summed E-state index contributed by atoms with van der Waals surface area (Å²) in [6, 6.07) is 14.2. The summed E-state index contributed by atoms with van der Waals surface area (Å²) < 4.78 is 29.2. The van der Waals surface area contributed by atoms with Gasteiger partial charge in [-0.3, -0.25) is 9.69 Å². The van der Waals surface area contributed by atoms with Crippen molar-refractivity contribution < 1.29 is 23.1 Å². The number of β-amino-alcohol motifs (C(OH)–C–C–N with tert-alkyl or cyclic N) is 1. The SMILES string of the molecule is CN(C(=O)C1CCc2cc(S(N)(=O)=O)ccc2O1)[C@H](CN1CC[C@H](O)C1)c1ccccc1. The number of carbonyl (C=O) groups is 1. The van der Waals surface area contributed by atoms with Crippen molar-refractivity contribution in [1.82, 2.24) is 9.80 Å². The van der Waals surface area contributed by atoms with E-state index < -0.39 is 16.1 Å². The number of aliphatic hydroxyl groups excluding tert-OH is 1. The second-order valence-electron chi connectivity index (χ2n) is 8.54. The molecule has 2 aliphatic rings. The van der Waals surface area contributed by atoms with Gasteiger partial charge in [0.2, 0.25) is 10.0 Å². The monoisotopic (exact) mass is 459 g/mol. The third-order valence-corrected chi connectivity index (χ3v) is 7.17. The summed E-state index contributed by atoms with van der Waals surface area (Å²) in [6.07, 6.45) is 0.740. The summed E-state index contributed by atoms with van der Waals surface area (Å²) in [5.74, 6) is 0.383. The number of aliphatic hydroxyl groups is 1. The number of nitrogens with zero attached hydrogens (tertiary/aromatic N) is 2. The number of ether oxygens (including phenoxy) is 1. The fraction of sp³-hybridized carbons (Fsp3) is 0.435. The molecule has 0 radical (unpaired) electrons. The molecule has 2 heterocycles. The van der Waals surface area contributed by atoms with Gasteiger partial charge in [0.05, 0.1) is 17.0 Å². The van der Waals surface area contributed by atoms with E-state index in [1.165, 1.54) is 12.1 Å². The van der Waals surface area contributed by atoms with Crippen molar-refractivity contribution in [3.05, 3.63) is 59.7 Å². The molecule has 2 aromatic carbocycles. The van der Waals surface area contributed by atoms with Crippen LogP contribution < -0.4 is 9.88 Å². The zero-order chi connectivity index (χ0) is 22.9. The minimum Gasteiger partial charge on any atom is -0.480 e. The number of nitrogens with two attached hydrogens (primary N) is 1. The lowest BCUT2D eigenvalue weighted by Gasteiger charge is -2.35. The molecule has 4 rings (SSSR count). The van der Waals surface area contributed by atoms with Gasteiger partial charge in [0.1, 0.15) is 5.75 Å². The van der Waals surface area contributed by atoms with Crippen molar-refractivity contribution >= 4 is 15.9 Å². The lowest BCUT2D eigenvalue weighted by atomic mass is 10.00. The fourth-order valence-corrected chi connectivity index (χ4v) is 5.01. The first-order valence-electron chi connectivity index (χ1n) is 10.8. The van der Waals surface area contributed by atoms with Gasteiger partial charge in [-0.2, -0.15) is 0 Å². The van der Waals surface area contributed by atoms with E-state index in [-0.39, 0.29) is 22.9 Å². The number of hydrogen-bond donors (Lipinski definition) is 2. The maximum Gasteiger partial charge on any atom is 0.263 e. The van der Waals surface area contributed by atoms with Crippen molar-refractivity contribution in [2.75, 3.05) is 26.7 Å². The topological polar surface area (TPSA) is 113 Å². The summed E-state index contributed by atoms with van der Waals surface area (Å²) in [5, 5.41) is 15.1. The van der Waals surface area contributed by atoms with Crippen LogP contribution in [0.25, 0.3) is 0 Å². The van der Waals surface area contributed by atoms with E-state index in [1.54, 1.807) is 18.0 Å². The Morgan fingerprint density at radius 2 is 2.00 bits per heavy atom. The molecule has 3 atom stereocenters. The van der Waals surface area contributed by atoms with E-state index in [0.717, 1.165) is 24.1 Å².